The Morgan fingerprint density at radius 3 is 3.26 bits per heavy atom. The van der Waals surface area contributed by atoms with Gasteiger partial charge in [-0.15, -0.1) is 11.3 Å². The summed E-state index contributed by atoms with van der Waals surface area (Å²) in [5, 5.41) is 15.4. The van der Waals surface area contributed by atoms with Gasteiger partial charge in [-0.1, -0.05) is 5.10 Å². The van der Waals surface area contributed by atoms with Gasteiger partial charge in [-0.3, -0.25) is 4.79 Å². The first-order valence-electron chi connectivity index (χ1n) is 7.10. The first-order chi connectivity index (χ1) is 11.2. The molecule has 2 aromatic rings. The molecule has 1 aliphatic heterocycles. The van der Waals surface area contributed by atoms with Gasteiger partial charge in [-0.25, -0.2) is 9.67 Å². The molecule has 10 nitrogen and oxygen atoms in total. The van der Waals surface area contributed by atoms with Gasteiger partial charge >= 0.3 is 0 Å². The van der Waals surface area contributed by atoms with E-state index in [0.29, 0.717) is 26.2 Å². The number of anilines is 1. The molecule has 1 aliphatic rings. The van der Waals surface area contributed by atoms with E-state index in [1.54, 1.807) is 5.51 Å². The Morgan fingerprint density at radius 2 is 2.52 bits per heavy atom. The molecule has 2 aromatic heterocycles. The zero-order valence-electron chi connectivity index (χ0n) is 12.3. The summed E-state index contributed by atoms with van der Waals surface area (Å²) >= 11 is 1.52. The Kier molecular flexibility index (Phi) is 5.10. The molecule has 0 saturated carbocycles. The summed E-state index contributed by atoms with van der Waals surface area (Å²) in [5.41, 5.74) is 8.17. The van der Waals surface area contributed by atoms with Crippen molar-refractivity contribution >= 4 is 23.2 Å². The van der Waals surface area contributed by atoms with Gasteiger partial charge in [0.25, 0.3) is 0 Å². The molecule has 23 heavy (non-hydrogen) atoms. The summed E-state index contributed by atoms with van der Waals surface area (Å²) < 4.78 is 12.5. The van der Waals surface area contributed by atoms with Crippen molar-refractivity contribution in [2.75, 3.05) is 18.9 Å². The number of nitrogen functional groups attached to an aromatic ring is 1. The maximum atomic E-state index is 12.1. The van der Waals surface area contributed by atoms with Crippen molar-refractivity contribution in [3.05, 3.63) is 16.6 Å². The molecule has 1 amide bonds. The molecule has 124 valence electrons. The van der Waals surface area contributed by atoms with Crippen molar-refractivity contribution in [3.63, 3.8) is 0 Å². The van der Waals surface area contributed by atoms with Gasteiger partial charge in [-0.2, -0.15) is 0 Å². The topological polar surface area (TPSA) is 130 Å². The van der Waals surface area contributed by atoms with Crippen LogP contribution in [0.1, 0.15) is 12.1 Å². The van der Waals surface area contributed by atoms with Gasteiger partial charge < -0.3 is 20.5 Å². The lowest BCUT2D eigenvalue weighted by atomic mass is 10.1. The minimum absolute atomic E-state index is 0.0327. The number of ether oxygens (including phenoxy) is 2. The van der Waals surface area contributed by atoms with Crippen LogP contribution in [0.5, 0.6) is 0 Å². The molecule has 3 rings (SSSR count). The van der Waals surface area contributed by atoms with Gasteiger partial charge in [0.1, 0.15) is 12.6 Å². The maximum absolute atomic E-state index is 12.1. The lowest BCUT2D eigenvalue weighted by Gasteiger charge is -2.31. The number of nitrogens with two attached hydrogens (primary N) is 1. The number of nitrogens with one attached hydrogen (secondary N) is 1. The van der Waals surface area contributed by atoms with Crippen LogP contribution in [0.2, 0.25) is 0 Å². The number of tetrazole rings is 1. The second-order valence-corrected chi connectivity index (χ2v) is 5.78. The molecule has 3 heterocycles. The lowest BCUT2D eigenvalue weighted by Crippen LogP contribution is -2.50. The van der Waals surface area contributed by atoms with Crippen molar-refractivity contribution in [2.24, 2.45) is 0 Å². The van der Waals surface area contributed by atoms with Gasteiger partial charge in [-0.05, 0) is 16.8 Å². The molecule has 0 bridgehead atoms. The van der Waals surface area contributed by atoms with Crippen molar-refractivity contribution < 1.29 is 14.3 Å². The van der Waals surface area contributed by atoms with Crippen LogP contribution in [0.25, 0.3) is 0 Å². The molecule has 1 saturated heterocycles. The number of hydrogen-bond acceptors (Lipinski definition) is 9. The van der Waals surface area contributed by atoms with Gasteiger partial charge in [0.15, 0.2) is 0 Å². The van der Waals surface area contributed by atoms with Crippen molar-refractivity contribution in [2.45, 2.75) is 31.7 Å². The first kappa shape index (κ1) is 15.8. The monoisotopic (exact) mass is 339 g/mol. The number of aromatic nitrogens is 5. The lowest BCUT2D eigenvalue weighted by molar-refractivity contribution is -0.127. The Bertz CT molecular complexity index is 632. The van der Waals surface area contributed by atoms with E-state index in [9.17, 15) is 4.79 Å². The normalized spacial score (nSPS) is 21.2. The van der Waals surface area contributed by atoms with Crippen LogP contribution in [0.4, 0.5) is 5.95 Å². The second kappa shape index (κ2) is 7.44. The van der Waals surface area contributed by atoms with Crippen LogP contribution in [0, 0.1) is 0 Å². The van der Waals surface area contributed by atoms with Crippen molar-refractivity contribution in [1.82, 2.24) is 30.5 Å². The molecule has 11 heteroatoms. The van der Waals surface area contributed by atoms with E-state index in [1.165, 1.54) is 16.0 Å². The molecule has 0 spiro atoms. The highest BCUT2D eigenvalue weighted by molar-refractivity contribution is 7.07. The summed E-state index contributed by atoms with van der Waals surface area (Å²) in [4.78, 5) is 16.3. The standard InChI is InChI=1S/C12H17N7O3S/c13-12-16-17-18-19(12)3-11(20)15-9-1-2-21-5-10(9)22-4-8-6-23-7-14-8/h6-7,9-10H,1-5H2,(H,15,20)(H2,13,16,18)/t9-,10-/m1/s1. The summed E-state index contributed by atoms with van der Waals surface area (Å²) in [6.45, 7) is 1.37. The fourth-order valence-electron chi connectivity index (χ4n) is 2.26. The smallest absolute Gasteiger partial charge is 0.242 e. The van der Waals surface area contributed by atoms with Crippen molar-refractivity contribution in [1.29, 1.82) is 0 Å². The minimum Gasteiger partial charge on any atom is -0.379 e. The minimum atomic E-state index is -0.224. The average Bonchev–Trinajstić information content (AvgIpc) is 3.19. The highest BCUT2D eigenvalue weighted by atomic mass is 32.1. The van der Waals surface area contributed by atoms with E-state index in [-0.39, 0.29) is 30.5 Å². The SMILES string of the molecule is Nc1nnnn1CC(=O)N[C@@H]1CCOC[C@H]1OCc1cscn1. The molecule has 0 aromatic carbocycles. The molecule has 1 fully saturated rings. The second-order valence-electron chi connectivity index (χ2n) is 5.06. The number of nitrogens with zero attached hydrogens (tertiary/aromatic N) is 5. The summed E-state index contributed by atoms with van der Waals surface area (Å²) in [5.74, 6) is -0.124. The largest absolute Gasteiger partial charge is 0.379 e. The van der Waals surface area contributed by atoms with Gasteiger partial charge in [0.2, 0.25) is 11.9 Å². The third-order valence-corrected chi connectivity index (χ3v) is 4.07. The van der Waals surface area contributed by atoms with Gasteiger partial charge in [0, 0.05) is 12.0 Å². The molecule has 0 radical (unpaired) electrons. The number of amides is 1. The quantitative estimate of drug-likeness (QED) is 0.700. The fourth-order valence-corrected chi connectivity index (χ4v) is 2.80. The van der Waals surface area contributed by atoms with E-state index in [0.717, 1.165) is 5.69 Å². The van der Waals surface area contributed by atoms with Crippen LogP contribution >= 0.6 is 11.3 Å². The summed E-state index contributed by atoms with van der Waals surface area (Å²) in [6.07, 6.45) is 0.457. The van der Waals surface area contributed by atoms with E-state index < -0.39 is 0 Å². The predicted octanol–water partition coefficient (Wildman–Crippen LogP) is -0.798. The highest BCUT2D eigenvalue weighted by Gasteiger charge is 2.28. The molecule has 2 atom stereocenters. The first-order valence-corrected chi connectivity index (χ1v) is 8.04. The van der Waals surface area contributed by atoms with Crippen LogP contribution in [-0.4, -0.2) is 56.5 Å². The highest BCUT2D eigenvalue weighted by Crippen LogP contribution is 2.14. The van der Waals surface area contributed by atoms with E-state index in [4.69, 9.17) is 15.2 Å². The summed E-state index contributed by atoms with van der Waals surface area (Å²) in [6, 6.07) is -0.132. The Balaban J connectivity index is 1.53. The number of hydrogen-bond donors (Lipinski definition) is 2. The number of carbonyl (C=O) groups excluding carboxylic acids is 1. The number of rotatable bonds is 6. The van der Waals surface area contributed by atoms with Crippen LogP contribution in [0.15, 0.2) is 10.9 Å². The molecular weight excluding hydrogens is 322 g/mol. The summed E-state index contributed by atoms with van der Waals surface area (Å²) in [7, 11) is 0. The Labute approximate surface area is 136 Å². The zero-order chi connectivity index (χ0) is 16.1. The molecular formula is C12H17N7O3S. The van der Waals surface area contributed by atoms with Crippen LogP contribution in [0.3, 0.4) is 0 Å². The van der Waals surface area contributed by atoms with E-state index in [1.807, 2.05) is 5.38 Å². The van der Waals surface area contributed by atoms with Gasteiger partial charge in [0.05, 0.1) is 30.5 Å². The number of thiazole rings is 1. The van der Waals surface area contributed by atoms with Crippen LogP contribution < -0.4 is 11.1 Å². The van der Waals surface area contributed by atoms with Crippen LogP contribution in [-0.2, 0) is 27.4 Å². The molecule has 3 N–H and O–H groups in total. The Morgan fingerprint density at radius 1 is 1.61 bits per heavy atom. The van der Waals surface area contributed by atoms with Crippen molar-refractivity contribution in [3.8, 4) is 0 Å². The van der Waals surface area contributed by atoms with E-state index in [2.05, 4.69) is 25.8 Å². The fraction of sp³-hybridized carbons (Fsp3) is 0.583. The third kappa shape index (κ3) is 4.21. The number of carbonyl (C=O) groups is 1. The third-order valence-electron chi connectivity index (χ3n) is 3.43. The van der Waals surface area contributed by atoms with E-state index >= 15 is 0 Å². The average molecular weight is 339 g/mol. The molecule has 0 aliphatic carbocycles. The molecule has 0 unspecified atom stereocenters. The predicted molar refractivity (Wildman–Crippen MR) is 80.3 cm³/mol. The zero-order valence-corrected chi connectivity index (χ0v) is 13.1. The Hall–Kier alpha value is -2.11. The maximum Gasteiger partial charge on any atom is 0.242 e.